The quantitative estimate of drug-likeness (QED) is 0.743. The zero-order chi connectivity index (χ0) is 14.4. The first kappa shape index (κ1) is 15.3. The lowest BCUT2D eigenvalue weighted by Gasteiger charge is -2.21. The highest BCUT2D eigenvalue weighted by Crippen LogP contribution is 2.15. The van der Waals surface area contributed by atoms with Gasteiger partial charge in [0.2, 0.25) is 5.91 Å². The summed E-state index contributed by atoms with van der Waals surface area (Å²) in [6.07, 6.45) is 3.65. The van der Waals surface area contributed by atoms with Crippen LogP contribution in [0.1, 0.15) is 25.7 Å². The van der Waals surface area contributed by atoms with Crippen LogP contribution in [0.15, 0.2) is 0 Å². The maximum absolute atomic E-state index is 12.2. The van der Waals surface area contributed by atoms with E-state index < -0.39 is 5.97 Å². The third-order valence-electron chi connectivity index (χ3n) is 4.23. The van der Waals surface area contributed by atoms with Gasteiger partial charge in [-0.1, -0.05) is 0 Å². The van der Waals surface area contributed by atoms with Crippen LogP contribution in [0, 0.1) is 5.92 Å². The molecular weight excluding hydrogens is 258 g/mol. The number of carbonyl (C=O) groups is 2. The summed E-state index contributed by atoms with van der Waals surface area (Å²) in [5.41, 5.74) is 0. The number of carboxylic acid groups (broad SMARTS) is 1. The zero-order valence-electron chi connectivity index (χ0n) is 12.0. The molecule has 2 N–H and O–H groups in total. The van der Waals surface area contributed by atoms with Gasteiger partial charge in [-0.2, -0.15) is 0 Å². The fraction of sp³-hybridized carbons (Fsp3) is 0.857. The summed E-state index contributed by atoms with van der Waals surface area (Å²) in [5, 5.41) is 12.1. The lowest BCUT2D eigenvalue weighted by Crippen LogP contribution is -2.36. The molecule has 2 rings (SSSR count). The van der Waals surface area contributed by atoms with Crippen molar-refractivity contribution in [3.05, 3.63) is 0 Å². The van der Waals surface area contributed by atoms with Crippen molar-refractivity contribution in [2.75, 3.05) is 45.8 Å². The van der Waals surface area contributed by atoms with E-state index in [9.17, 15) is 9.59 Å². The van der Waals surface area contributed by atoms with E-state index in [2.05, 4.69) is 5.32 Å². The predicted octanol–water partition coefficient (Wildman–Crippen LogP) is -0.00500. The van der Waals surface area contributed by atoms with Crippen LogP contribution in [0.25, 0.3) is 0 Å². The highest BCUT2D eigenvalue weighted by Gasteiger charge is 2.22. The summed E-state index contributed by atoms with van der Waals surface area (Å²) in [7, 11) is 0. The molecule has 0 aliphatic carbocycles. The van der Waals surface area contributed by atoms with Gasteiger partial charge in [0.05, 0.1) is 6.54 Å². The Bertz CT molecular complexity index is 343. The SMILES string of the molecule is O=C(O)CN1CCCN(C(=O)CCC2CCNC2)CC1. The molecule has 1 atom stereocenters. The zero-order valence-corrected chi connectivity index (χ0v) is 12.0. The van der Waals surface area contributed by atoms with E-state index in [1.165, 1.54) is 6.42 Å². The fourth-order valence-electron chi connectivity index (χ4n) is 3.02. The van der Waals surface area contributed by atoms with E-state index in [0.29, 0.717) is 25.4 Å². The second-order valence-corrected chi connectivity index (χ2v) is 5.80. The molecule has 6 nitrogen and oxygen atoms in total. The second-order valence-electron chi connectivity index (χ2n) is 5.80. The number of aliphatic carboxylic acids is 1. The van der Waals surface area contributed by atoms with Crippen LogP contribution in [0.3, 0.4) is 0 Å². The lowest BCUT2D eigenvalue weighted by molar-refractivity contribution is -0.138. The van der Waals surface area contributed by atoms with Crippen LogP contribution in [-0.4, -0.2) is 72.6 Å². The molecule has 0 aromatic heterocycles. The molecule has 2 saturated heterocycles. The Hall–Kier alpha value is -1.14. The van der Waals surface area contributed by atoms with Crippen LogP contribution < -0.4 is 5.32 Å². The average Bonchev–Trinajstić information content (AvgIpc) is 2.82. The molecule has 0 radical (unpaired) electrons. The number of rotatable bonds is 5. The van der Waals surface area contributed by atoms with Crippen molar-refractivity contribution in [3.8, 4) is 0 Å². The third-order valence-corrected chi connectivity index (χ3v) is 4.23. The number of carbonyl (C=O) groups excluding carboxylic acids is 1. The van der Waals surface area contributed by atoms with E-state index in [-0.39, 0.29) is 12.5 Å². The molecular formula is C14H25N3O3. The maximum atomic E-state index is 12.2. The van der Waals surface area contributed by atoms with Crippen molar-refractivity contribution in [2.24, 2.45) is 5.92 Å². The first-order valence-electron chi connectivity index (χ1n) is 7.58. The highest BCUT2D eigenvalue weighted by atomic mass is 16.4. The normalized spacial score (nSPS) is 24.6. The largest absolute Gasteiger partial charge is 0.480 e. The summed E-state index contributed by atoms with van der Waals surface area (Å²) >= 11 is 0. The van der Waals surface area contributed by atoms with Crippen molar-refractivity contribution in [1.82, 2.24) is 15.1 Å². The lowest BCUT2D eigenvalue weighted by atomic mass is 10.0. The van der Waals surface area contributed by atoms with Gasteiger partial charge in [-0.25, -0.2) is 0 Å². The van der Waals surface area contributed by atoms with E-state index in [1.807, 2.05) is 9.80 Å². The average molecular weight is 283 g/mol. The minimum atomic E-state index is -0.793. The summed E-state index contributed by atoms with van der Waals surface area (Å²) < 4.78 is 0. The summed E-state index contributed by atoms with van der Waals surface area (Å²) in [6, 6.07) is 0. The predicted molar refractivity (Wildman–Crippen MR) is 75.5 cm³/mol. The smallest absolute Gasteiger partial charge is 0.317 e. The number of hydrogen-bond acceptors (Lipinski definition) is 4. The number of nitrogens with zero attached hydrogens (tertiary/aromatic N) is 2. The van der Waals surface area contributed by atoms with Crippen molar-refractivity contribution >= 4 is 11.9 Å². The number of hydrogen-bond donors (Lipinski definition) is 2. The van der Waals surface area contributed by atoms with Crippen LogP contribution in [0.5, 0.6) is 0 Å². The highest BCUT2D eigenvalue weighted by molar-refractivity contribution is 5.76. The van der Waals surface area contributed by atoms with Gasteiger partial charge in [0.15, 0.2) is 0 Å². The molecule has 114 valence electrons. The molecule has 20 heavy (non-hydrogen) atoms. The Morgan fingerprint density at radius 3 is 2.75 bits per heavy atom. The van der Waals surface area contributed by atoms with Gasteiger partial charge in [0.1, 0.15) is 0 Å². The topological polar surface area (TPSA) is 72.9 Å². The number of amides is 1. The van der Waals surface area contributed by atoms with Crippen LogP contribution >= 0.6 is 0 Å². The van der Waals surface area contributed by atoms with Crippen LogP contribution in [0.2, 0.25) is 0 Å². The molecule has 2 heterocycles. The Balaban J connectivity index is 1.71. The van der Waals surface area contributed by atoms with E-state index in [0.717, 1.165) is 39.0 Å². The molecule has 2 aliphatic heterocycles. The molecule has 2 aliphatic rings. The second kappa shape index (κ2) is 7.59. The van der Waals surface area contributed by atoms with Gasteiger partial charge in [-0.15, -0.1) is 0 Å². The van der Waals surface area contributed by atoms with E-state index in [1.54, 1.807) is 0 Å². The molecule has 0 aromatic carbocycles. The van der Waals surface area contributed by atoms with Crippen LogP contribution in [0.4, 0.5) is 0 Å². The molecule has 0 bridgehead atoms. The molecule has 1 unspecified atom stereocenters. The van der Waals surface area contributed by atoms with Crippen molar-refractivity contribution in [2.45, 2.75) is 25.7 Å². The molecule has 2 fully saturated rings. The summed E-state index contributed by atoms with van der Waals surface area (Å²) in [6.45, 7) is 5.06. The standard InChI is InChI=1S/C14H25N3O3/c18-13(3-2-12-4-5-15-10-12)17-7-1-6-16(8-9-17)11-14(19)20/h12,15H,1-11H2,(H,19,20). The molecule has 0 saturated carbocycles. The molecule has 0 spiro atoms. The Morgan fingerprint density at radius 2 is 2.05 bits per heavy atom. The Labute approximate surface area is 120 Å². The van der Waals surface area contributed by atoms with Crippen molar-refractivity contribution in [3.63, 3.8) is 0 Å². The van der Waals surface area contributed by atoms with Crippen molar-refractivity contribution in [1.29, 1.82) is 0 Å². The Morgan fingerprint density at radius 1 is 1.20 bits per heavy atom. The van der Waals surface area contributed by atoms with Crippen LogP contribution in [-0.2, 0) is 9.59 Å². The Kier molecular flexibility index (Phi) is 5.79. The van der Waals surface area contributed by atoms with Gasteiger partial charge in [0.25, 0.3) is 0 Å². The molecule has 6 heteroatoms. The third kappa shape index (κ3) is 4.76. The number of carboxylic acids is 1. The molecule has 1 amide bonds. The minimum absolute atomic E-state index is 0.0791. The van der Waals surface area contributed by atoms with Gasteiger partial charge in [-0.05, 0) is 38.3 Å². The van der Waals surface area contributed by atoms with Gasteiger partial charge >= 0.3 is 5.97 Å². The maximum Gasteiger partial charge on any atom is 0.317 e. The minimum Gasteiger partial charge on any atom is -0.480 e. The van der Waals surface area contributed by atoms with E-state index in [4.69, 9.17) is 5.11 Å². The first-order chi connectivity index (χ1) is 9.65. The van der Waals surface area contributed by atoms with Crippen molar-refractivity contribution < 1.29 is 14.7 Å². The van der Waals surface area contributed by atoms with Gasteiger partial charge in [-0.3, -0.25) is 14.5 Å². The summed E-state index contributed by atoms with van der Waals surface area (Å²) in [4.78, 5) is 26.7. The number of nitrogens with one attached hydrogen (secondary N) is 1. The first-order valence-corrected chi connectivity index (χ1v) is 7.58. The fourth-order valence-corrected chi connectivity index (χ4v) is 3.02. The monoisotopic (exact) mass is 283 g/mol. The molecule has 0 aromatic rings. The van der Waals surface area contributed by atoms with Gasteiger partial charge < -0.3 is 15.3 Å². The summed E-state index contributed by atoms with van der Waals surface area (Å²) in [5.74, 6) is 0.0852. The van der Waals surface area contributed by atoms with Gasteiger partial charge in [0, 0.05) is 32.6 Å². The van der Waals surface area contributed by atoms with E-state index >= 15 is 0 Å².